The highest BCUT2D eigenvalue weighted by molar-refractivity contribution is 7.99. The van der Waals surface area contributed by atoms with Crippen molar-refractivity contribution < 1.29 is 32.5 Å². The molecule has 206 valence electrons. The molecule has 0 saturated carbocycles. The van der Waals surface area contributed by atoms with E-state index in [9.17, 15) is 23.1 Å². The maximum Gasteiger partial charge on any atom is 0.416 e. The van der Waals surface area contributed by atoms with E-state index in [0.717, 1.165) is 42.3 Å². The lowest BCUT2D eigenvalue weighted by molar-refractivity contribution is -0.137. The minimum atomic E-state index is -4.46. The number of hydrogen-bond donors (Lipinski definition) is 2. The first kappa shape index (κ1) is 31.1. The van der Waals surface area contributed by atoms with Crippen LogP contribution >= 0.6 is 23.4 Å². The van der Waals surface area contributed by atoms with Gasteiger partial charge in [0.25, 0.3) is 0 Å². The summed E-state index contributed by atoms with van der Waals surface area (Å²) in [5.41, 5.74) is -1.51. The van der Waals surface area contributed by atoms with E-state index in [1.54, 1.807) is 39.0 Å². The maximum atomic E-state index is 13.2. The first-order valence-corrected chi connectivity index (χ1v) is 13.2. The molecule has 37 heavy (non-hydrogen) atoms. The number of rotatable bonds is 11. The molecule has 1 atom stereocenters. The second-order valence-electron chi connectivity index (χ2n) is 9.89. The van der Waals surface area contributed by atoms with Crippen LogP contribution in [0.1, 0.15) is 64.5 Å². The Kier molecular flexibility index (Phi) is 11.0. The Balaban J connectivity index is 2.21. The van der Waals surface area contributed by atoms with Crippen molar-refractivity contribution in [3.63, 3.8) is 0 Å². The SMILES string of the molecule is CCCC[C@@](CO)(CCc1ccc(Sc2cc(C(F)(F)F)ccc2OC)cc1Cl)NC(=O)OC(C)(C)C. The van der Waals surface area contributed by atoms with Crippen molar-refractivity contribution in [3.05, 3.63) is 52.5 Å². The van der Waals surface area contributed by atoms with E-state index < -0.39 is 29.0 Å². The molecule has 2 aromatic carbocycles. The van der Waals surface area contributed by atoms with Gasteiger partial charge in [-0.3, -0.25) is 0 Å². The van der Waals surface area contributed by atoms with Gasteiger partial charge in [0.15, 0.2) is 0 Å². The molecule has 10 heteroatoms. The van der Waals surface area contributed by atoms with Gasteiger partial charge < -0.3 is 19.9 Å². The van der Waals surface area contributed by atoms with Gasteiger partial charge in [-0.05, 0) is 75.9 Å². The van der Waals surface area contributed by atoms with E-state index >= 15 is 0 Å². The molecular formula is C27H35ClF3NO4S. The predicted octanol–water partition coefficient (Wildman–Crippen LogP) is 7.90. The van der Waals surface area contributed by atoms with Crippen LogP contribution in [0, 0.1) is 0 Å². The number of unbranched alkanes of at least 4 members (excludes halogenated alkanes) is 1. The highest BCUT2D eigenvalue weighted by atomic mass is 35.5. The average molecular weight is 562 g/mol. The Morgan fingerprint density at radius 3 is 2.35 bits per heavy atom. The smallest absolute Gasteiger partial charge is 0.416 e. The molecule has 2 N–H and O–H groups in total. The number of aryl methyl sites for hydroxylation is 1. The molecule has 0 aliphatic rings. The van der Waals surface area contributed by atoms with Crippen LogP contribution in [0.2, 0.25) is 5.02 Å². The number of nitrogens with one attached hydrogen (secondary N) is 1. The van der Waals surface area contributed by atoms with Gasteiger partial charge in [0, 0.05) is 9.92 Å². The minimum Gasteiger partial charge on any atom is -0.496 e. The molecule has 0 radical (unpaired) electrons. The Hall–Kier alpha value is -2.10. The molecule has 0 spiro atoms. The number of amides is 1. The summed E-state index contributed by atoms with van der Waals surface area (Å²) in [6.07, 6.45) is -1.90. The van der Waals surface area contributed by atoms with Gasteiger partial charge in [0.2, 0.25) is 0 Å². The highest BCUT2D eigenvalue weighted by Gasteiger charge is 2.33. The first-order valence-electron chi connectivity index (χ1n) is 12.1. The molecule has 0 aliphatic heterocycles. The largest absolute Gasteiger partial charge is 0.496 e. The summed E-state index contributed by atoms with van der Waals surface area (Å²) in [4.78, 5) is 13.4. The van der Waals surface area contributed by atoms with Gasteiger partial charge in [0.05, 0.1) is 29.7 Å². The lowest BCUT2D eigenvalue weighted by Crippen LogP contribution is -2.53. The van der Waals surface area contributed by atoms with Gasteiger partial charge in [0.1, 0.15) is 11.4 Å². The number of carbonyl (C=O) groups excluding carboxylic acids is 1. The minimum absolute atomic E-state index is 0.257. The number of aliphatic hydroxyl groups is 1. The van der Waals surface area contributed by atoms with E-state index in [0.29, 0.717) is 39.8 Å². The molecular weight excluding hydrogens is 527 g/mol. The number of ether oxygens (including phenoxy) is 2. The zero-order valence-corrected chi connectivity index (χ0v) is 23.4. The average Bonchev–Trinajstić information content (AvgIpc) is 2.80. The van der Waals surface area contributed by atoms with Gasteiger partial charge in [-0.25, -0.2) is 4.79 Å². The predicted molar refractivity (Wildman–Crippen MR) is 141 cm³/mol. The first-order chi connectivity index (χ1) is 17.2. The third-order valence-electron chi connectivity index (χ3n) is 5.69. The molecule has 5 nitrogen and oxygen atoms in total. The molecule has 0 heterocycles. The molecule has 0 aliphatic carbocycles. The van der Waals surface area contributed by atoms with Crippen LogP contribution in [-0.2, 0) is 17.3 Å². The molecule has 0 unspecified atom stereocenters. The summed E-state index contributed by atoms with van der Waals surface area (Å²) in [5, 5.41) is 13.5. The molecule has 2 aromatic rings. The van der Waals surface area contributed by atoms with Crippen molar-refractivity contribution >= 4 is 29.5 Å². The van der Waals surface area contributed by atoms with Crippen molar-refractivity contribution in [3.8, 4) is 5.75 Å². The second kappa shape index (κ2) is 13.1. The summed E-state index contributed by atoms with van der Waals surface area (Å²) in [6, 6.07) is 8.60. The van der Waals surface area contributed by atoms with Crippen LogP contribution in [0.5, 0.6) is 5.75 Å². The second-order valence-corrected chi connectivity index (χ2v) is 11.4. The van der Waals surface area contributed by atoms with Gasteiger partial charge in [-0.1, -0.05) is 49.2 Å². The van der Waals surface area contributed by atoms with Crippen LogP contribution in [0.4, 0.5) is 18.0 Å². The van der Waals surface area contributed by atoms with Crippen molar-refractivity contribution in [1.82, 2.24) is 5.32 Å². The zero-order valence-electron chi connectivity index (χ0n) is 21.8. The normalized spacial score (nSPS) is 13.7. The fraction of sp³-hybridized carbons (Fsp3) is 0.519. The summed E-state index contributed by atoms with van der Waals surface area (Å²) in [6.45, 7) is 7.09. The van der Waals surface area contributed by atoms with Crippen molar-refractivity contribution in [1.29, 1.82) is 0 Å². The van der Waals surface area contributed by atoms with Gasteiger partial charge in [-0.2, -0.15) is 13.2 Å². The monoisotopic (exact) mass is 561 g/mol. The van der Waals surface area contributed by atoms with Crippen LogP contribution in [-0.4, -0.2) is 36.1 Å². The lowest BCUT2D eigenvalue weighted by Gasteiger charge is -2.34. The number of alkyl carbamates (subject to hydrolysis) is 1. The molecule has 0 fully saturated rings. The zero-order chi connectivity index (χ0) is 27.9. The Morgan fingerprint density at radius 1 is 1.11 bits per heavy atom. The fourth-order valence-corrected chi connectivity index (χ4v) is 5.06. The number of benzene rings is 2. The summed E-state index contributed by atoms with van der Waals surface area (Å²) in [5.74, 6) is 0.329. The maximum absolute atomic E-state index is 13.2. The molecule has 1 amide bonds. The third kappa shape index (κ3) is 9.61. The van der Waals surface area contributed by atoms with Crippen molar-refractivity contribution in [2.45, 2.75) is 86.9 Å². The van der Waals surface area contributed by atoms with E-state index in [-0.39, 0.29) is 6.61 Å². The van der Waals surface area contributed by atoms with Gasteiger partial charge in [-0.15, -0.1) is 0 Å². The van der Waals surface area contributed by atoms with E-state index in [4.69, 9.17) is 21.1 Å². The van der Waals surface area contributed by atoms with Crippen LogP contribution in [0.25, 0.3) is 0 Å². The summed E-state index contributed by atoms with van der Waals surface area (Å²) >= 11 is 7.67. The number of hydrogen-bond acceptors (Lipinski definition) is 5. The van der Waals surface area contributed by atoms with Crippen LogP contribution in [0.15, 0.2) is 46.2 Å². The van der Waals surface area contributed by atoms with Gasteiger partial charge >= 0.3 is 12.3 Å². The van der Waals surface area contributed by atoms with Crippen LogP contribution in [0.3, 0.4) is 0 Å². The third-order valence-corrected chi connectivity index (χ3v) is 7.07. The Bertz CT molecular complexity index is 1060. The van der Waals surface area contributed by atoms with Crippen LogP contribution < -0.4 is 10.1 Å². The van der Waals surface area contributed by atoms with E-state index in [1.807, 2.05) is 6.92 Å². The summed E-state index contributed by atoms with van der Waals surface area (Å²) in [7, 11) is 1.40. The molecule has 0 bridgehead atoms. The van der Waals surface area contributed by atoms with E-state index in [2.05, 4.69) is 5.32 Å². The Labute approximate surface area is 226 Å². The number of methoxy groups -OCH3 is 1. The lowest BCUT2D eigenvalue weighted by atomic mass is 9.87. The molecule has 0 saturated heterocycles. The fourth-order valence-electron chi connectivity index (χ4n) is 3.71. The highest BCUT2D eigenvalue weighted by Crippen LogP contribution is 2.40. The standard InChI is InChI=1S/C27H35ClF3NO4S/c1-6-7-13-26(17-33,32-24(34)36-25(2,3)4)14-12-18-8-10-20(16-21(18)28)37-23-15-19(27(29,30)31)9-11-22(23)35-5/h8-11,15-16,33H,6-7,12-14,17H2,1-5H3,(H,32,34)/t26-/m0/s1. The molecule has 0 aromatic heterocycles. The number of alkyl halides is 3. The number of aliphatic hydroxyl groups excluding tert-OH is 1. The summed E-state index contributed by atoms with van der Waals surface area (Å²) < 4.78 is 50.2. The van der Waals surface area contributed by atoms with Crippen molar-refractivity contribution in [2.24, 2.45) is 0 Å². The number of carbonyl (C=O) groups is 1. The Morgan fingerprint density at radius 2 is 1.81 bits per heavy atom. The van der Waals surface area contributed by atoms with Crippen molar-refractivity contribution in [2.75, 3.05) is 13.7 Å². The topological polar surface area (TPSA) is 67.8 Å². The molecule has 2 rings (SSSR count). The quantitative estimate of drug-likeness (QED) is 0.292. The number of halogens is 4. The van der Waals surface area contributed by atoms with E-state index in [1.165, 1.54) is 13.2 Å².